The number of likely N-dealkylation sites (tertiary alicyclic amines) is 1. The van der Waals surface area contributed by atoms with Gasteiger partial charge in [-0.25, -0.2) is 0 Å². The third-order valence-corrected chi connectivity index (χ3v) is 4.43. The molecule has 1 heterocycles. The van der Waals surface area contributed by atoms with E-state index >= 15 is 0 Å². The van der Waals surface area contributed by atoms with Crippen LogP contribution in [0.25, 0.3) is 0 Å². The summed E-state index contributed by atoms with van der Waals surface area (Å²) < 4.78 is 0. The van der Waals surface area contributed by atoms with E-state index in [1.54, 1.807) is 0 Å². The second kappa shape index (κ2) is 6.40. The summed E-state index contributed by atoms with van der Waals surface area (Å²) in [5.74, 6) is 3.46. The lowest BCUT2D eigenvalue weighted by molar-refractivity contribution is 0.0163. The van der Waals surface area contributed by atoms with Crippen molar-refractivity contribution >= 4 is 0 Å². The molecule has 2 heteroatoms. The lowest BCUT2D eigenvalue weighted by atomic mass is 9.67. The average Bonchev–Trinajstić information content (AvgIpc) is 2.27. The number of hydrogen-bond donors (Lipinski definition) is 0. The van der Waals surface area contributed by atoms with Gasteiger partial charge >= 0.3 is 0 Å². The van der Waals surface area contributed by atoms with Crippen LogP contribution in [0, 0.1) is 40.9 Å². The van der Waals surface area contributed by atoms with Crippen molar-refractivity contribution in [2.24, 2.45) is 29.6 Å². The van der Waals surface area contributed by atoms with Crippen molar-refractivity contribution in [3.8, 4) is 6.07 Å². The van der Waals surface area contributed by atoms with Crippen LogP contribution in [-0.4, -0.2) is 24.5 Å². The first kappa shape index (κ1) is 14.5. The molecule has 0 N–H and O–H groups in total. The molecule has 0 spiro atoms. The van der Waals surface area contributed by atoms with Crippen LogP contribution in [0.1, 0.15) is 41.0 Å². The molecule has 3 unspecified atom stereocenters. The van der Waals surface area contributed by atoms with Gasteiger partial charge in [-0.3, -0.25) is 0 Å². The van der Waals surface area contributed by atoms with E-state index in [1.165, 1.54) is 6.54 Å². The zero-order valence-electron chi connectivity index (χ0n) is 12.1. The van der Waals surface area contributed by atoms with Gasteiger partial charge < -0.3 is 4.90 Å². The van der Waals surface area contributed by atoms with Crippen molar-refractivity contribution in [2.75, 3.05) is 19.6 Å². The molecule has 1 aliphatic rings. The first-order chi connectivity index (χ1) is 8.01. The van der Waals surface area contributed by atoms with Gasteiger partial charge in [-0.2, -0.15) is 5.26 Å². The van der Waals surface area contributed by atoms with Crippen LogP contribution in [-0.2, 0) is 0 Å². The fourth-order valence-corrected chi connectivity index (χ4v) is 3.57. The highest BCUT2D eigenvalue weighted by Crippen LogP contribution is 2.39. The molecule has 0 aromatic heterocycles. The summed E-state index contributed by atoms with van der Waals surface area (Å²) in [7, 11) is 0. The molecular weight excluding hydrogens is 208 g/mol. The highest BCUT2D eigenvalue weighted by atomic mass is 15.1. The Balaban J connectivity index is 2.88. The first-order valence-corrected chi connectivity index (χ1v) is 7.10. The van der Waals surface area contributed by atoms with E-state index < -0.39 is 0 Å². The Morgan fingerprint density at radius 1 is 1.18 bits per heavy atom. The van der Waals surface area contributed by atoms with E-state index in [4.69, 9.17) is 5.26 Å². The molecule has 98 valence electrons. The highest BCUT2D eigenvalue weighted by molar-refractivity contribution is 4.92. The molecule has 0 aliphatic carbocycles. The lowest BCUT2D eigenvalue weighted by Crippen LogP contribution is -2.49. The Bertz CT molecular complexity index is 265. The molecule has 0 aromatic rings. The van der Waals surface area contributed by atoms with Crippen molar-refractivity contribution in [3.63, 3.8) is 0 Å². The van der Waals surface area contributed by atoms with Gasteiger partial charge in [0, 0.05) is 19.5 Å². The van der Waals surface area contributed by atoms with Crippen LogP contribution in [0.15, 0.2) is 0 Å². The van der Waals surface area contributed by atoms with E-state index in [0.717, 1.165) is 37.3 Å². The Labute approximate surface area is 107 Å². The van der Waals surface area contributed by atoms with Gasteiger partial charge in [-0.15, -0.1) is 0 Å². The second-order valence-corrected chi connectivity index (χ2v) is 6.20. The van der Waals surface area contributed by atoms with Crippen molar-refractivity contribution in [1.29, 1.82) is 5.26 Å². The fraction of sp³-hybridized carbons (Fsp3) is 0.933. The normalized spacial score (nSPS) is 30.8. The highest BCUT2D eigenvalue weighted by Gasteiger charge is 2.38. The average molecular weight is 236 g/mol. The molecule has 0 radical (unpaired) electrons. The van der Waals surface area contributed by atoms with Crippen molar-refractivity contribution in [1.82, 2.24) is 4.90 Å². The Morgan fingerprint density at radius 2 is 1.82 bits per heavy atom. The van der Waals surface area contributed by atoms with Crippen molar-refractivity contribution in [2.45, 2.75) is 41.0 Å². The number of hydrogen-bond acceptors (Lipinski definition) is 2. The lowest BCUT2D eigenvalue weighted by Gasteiger charge is -2.47. The quantitative estimate of drug-likeness (QED) is 0.748. The standard InChI is InChI=1S/C15H28N2/c1-6-17-9-13(7-8-16)15(12(4)5)14(10-17)11(2)3/h11-15H,6-7,9-10H2,1-5H3. The first-order valence-electron chi connectivity index (χ1n) is 7.10. The molecule has 0 saturated carbocycles. The van der Waals surface area contributed by atoms with Crippen LogP contribution in [0.2, 0.25) is 0 Å². The molecule has 1 saturated heterocycles. The molecule has 2 nitrogen and oxygen atoms in total. The zero-order valence-corrected chi connectivity index (χ0v) is 12.1. The number of rotatable bonds is 4. The summed E-state index contributed by atoms with van der Waals surface area (Å²) in [6.07, 6.45) is 0.725. The summed E-state index contributed by atoms with van der Waals surface area (Å²) in [5.41, 5.74) is 0. The Morgan fingerprint density at radius 3 is 2.24 bits per heavy atom. The van der Waals surface area contributed by atoms with Crippen LogP contribution >= 0.6 is 0 Å². The van der Waals surface area contributed by atoms with Gasteiger partial charge in [0.2, 0.25) is 0 Å². The smallest absolute Gasteiger partial charge is 0.0625 e. The third kappa shape index (κ3) is 3.45. The summed E-state index contributed by atoms with van der Waals surface area (Å²) in [6, 6.07) is 2.40. The third-order valence-electron chi connectivity index (χ3n) is 4.43. The van der Waals surface area contributed by atoms with Gasteiger partial charge in [0.25, 0.3) is 0 Å². The number of piperidine rings is 1. The Hall–Kier alpha value is -0.550. The summed E-state index contributed by atoms with van der Waals surface area (Å²) in [6.45, 7) is 15.0. The van der Waals surface area contributed by atoms with Crippen LogP contribution in [0.3, 0.4) is 0 Å². The molecule has 0 bridgehead atoms. The molecule has 0 amide bonds. The van der Waals surface area contributed by atoms with E-state index in [2.05, 4.69) is 45.6 Å². The minimum atomic E-state index is 0.570. The van der Waals surface area contributed by atoms with Gasteiger partial charge in [0.15, 0.2) is 0 Å². The maximum atomic E-state index is 9.03. The summed E-state index contributed by atoms with van der Waals surface area (Å²) in [5, 5.41) is 9.03. The van der Waals surface area contributed by atoms with E-state index in [0.29, 0.717) is 11.8 Å². The van der Waals surface area contributed by atoms with Gasteiger partial charge in [-0.1, -0.05) is 34.6 Å². The molecule has 17 heavy (non-hydrogen) atoms. The monoisotopic (exact) mass is 236 g/mol. The van der Waals surface area contributed by atoms with Crippen LogP contribution in [0.5, 0.6) is 0 Å². The number of nitrogens with zero attached hydrogens (tertiary/aromatic N) is 2. The fourth-order valence-electron chi connectivity index (χ4n) is 3.57. The van der Waals surface area contributed by atoms with Gasteiger partial charge in [0.05, 0.1) is 6.07 Å². The SMILES string of the molecule is CCN1CC(CC#N)C(C(C)C)C(C(C)C)C1. The largest absolute Gasteiger partial charge is 0.303 e. The molecule has 1 fully saturated rings. The van der Waals surface area contributed by atoms with Gasteiger partial charge in [-0.05, 0) is 36.1 Å². The molecule has 3 atom stereocenters. The molecular formula is C15H28N2. The molecule has 0 aromatic carbocycles. The minimum Gasteiger partial charge on any atom is -0.303 e. The predicted octanol–water partition coefficient (Wildman–Crippen LogP) is 3.40. The Kier molecular flexibility index (Phi) is 5.46. The zero-order chi connectivity index (χ0) is 13.0. The predicted molar refractivity (Wildman–Crippen MR) is 72.5 cm³/mol. The summed E-state index contributed by atoms with van der Waals surface area (Å²) >= 11 is 0. The molecule has 1 aliphatic heterocycles. The summed E-state index contributed by atoms with van der Waals surface area (Å²) in [4.78, 5) is 2.53. The van der Waals surface area contributed by atoms with Crippen molar-refractivity contribution in [3.05, 3.63) is 0 Å². The maximum Gasteiger partial charge on any atom is 0.0625 e. The van der Waals surface area contributed by atoms with Crippen molar-refractivity contribution < 1.29 is 0 Å². The van der Waals surface area contributed by atoms with E-state index in [9.17, 15) is 0 Å². The number of nitriles is 1. The van der Waals surface area contributed by atoms with E-state index in [-0.39, 0.29) is 0 Å². The second-order valence-electron chi connectivity index (χ2n) is 6.20. The topological polar surface area (TPSA) is 27.0 Å². The maximum absolute atomic E-state index is 9.03. The van der Waals surface area contributed by atoms with Crippen LogP contribution < -0.4 is 0 Å². The minimum absolute atomic E-state index is 0.570. The van der Waals surface area contributed by atoms with Gasteiger partial charge in [0.1, 0.15) is 0 Å². The van der Waals surface area contributed by atoms with E-state index in [1.807, 2.05) is 0 Å². The van der Waals surface area contributed by atoms with Crippen LogP contribution in [0.4, 0.5) is 0 Å². The molecule has 1 rings (SSSR count).